The molecule has 0 bridgehead atoms. The van der Waals surface area contributed by atoms with Crippen LogP contribution in [0.4, 0.5) is 0 Å². The van der Waals surface area contributed by atoms with E-state index in [1.54, 1.807) is 0 Å². The summed E-state index contributed by atoms with van der Waals surface area (Å²) in [7, 11) is 2.22. The first-order valence-electron chi connectivity index (χ1n) is 10.2. The Morgan fingerprint density at radius 1 is 1.00 bits per heavy atom. The molecule has 0 radical (unpaired) electrons. The first kappa shape index (κ1) is 17.0. The molecule has 142 valence electrons. The van der Waals surface area contributed by atoms with E-state index in [1.165, 1.54) is 17.1 Å². The lowest BCUT2D eigenvalue weighted by atomic mass is 9.83. The fraction of sp³-hybridized carbons (Fsp3) is 0.545. The van der Waals surface area contributed by atoms with Crippen molar-refractivity contribution in [1.82, 2.24) is 19.4 Å². The second-order valence-electron chi connectivity index (χ2n) is 8.79. The number of likely N-dealkylation sites (tertiary alicyclic amines) is 1. The van der Waals surface area contributed by atoms with Crippen molar-refractivity contribution >= 4 is 5.91 Å². The summed E-state index contributed by atoms with van der Waals surface area (Å²) in [5.74, 6) is 1.55. The Balaban J connectivity index is 1.45. The number of likely N-dealkylation sites (N-methyl/N-ethyl adjacent to an activating group) is 1. The van der Waals surface area contributed by atoms with Crippen LogP contribution in [0.1, 0.15) is 38.4 Å². The van der Waals surface area contributed by atoms with E-state index in [-0.39, 0.29) is 11.0 Å². The molecule has 1 spiro atoms. The summed E-state index contributed by atoms with van der Waals surface area (Å²) in [5, 5.41) is 0. The number of nitrogens with zero attached hydrogens (tertiary/aromatic N) is 4. The summed E-state index contributed by atoms with van der Waals surface area (Å²) in [6, 6.07) is 10.5. The summed E-state index contributed by atoms with van der Waals surface area (Å²) < 4.78 is 2.41. The van der Waals surface area contributed by atoms with Crippen molar-refractivity contribution < 1.29 is 4.79 Å². The summed E-state index contributed by atoms with van der Waals surface area (Å²) in [6.45, 7) is 5.79. The van der Waals surface area contributed by atoms with E-state index in [1.807, 2.05) is 6.20 Å². The Hall–Kier alpha value is -2.14. The SMILES string of the molecule is CN1CCn2c(-c3ccccc3)cnc2C12CCN(C(=O)C1(C)CC1)CC2. The molecule has 2 aliphatic heterocycles. The molecule has 3 aliphatic rings. The number of hydrogen-bond acceptors (Lipinski definition) is 3. The van der Waals surface area contributed by atoms with Crippen LogP contribution in [0.15, 0.2) is 36.5 Å². The number of amides is 1. The molecule has 2 fully saturated rings. The van der Waals surface area contributed by atoms with Crippen LogP contribution in [0.25, 0.3) is 11.3 Å². The lowest BCUT2D eigenvalue weighted by molar-refractivity contribution is -0.139. The zero-order valence-corrected chi connectivity index (χ0v) is 16.3. The van der Waals surface area contributed by atoms with Crippen LogP contribution >= 0.6 is 0 Å². The van der Waals surface area contributed by atoms with Crippen molar-refractivity contribution in [2.24, 2.45) is 5.41 Å². The van der Waals surface area contributed by atoms with E-state index >= 15 is 0 Å². The van der Waals surface area contributed by atoms with Gasteiger partial charge in [0.1, 0.15) is 5.82 Å². The minimum atomic E-state index is -0.0675. The minimum absolute atomic E-state index is 0.0491. The van der Waals surface area contributed by atoms with Crippen molar-refractivity contribution in [3.8, 4) is 11.3 Å². The van der Waals surface area contributed by atoms with Crippen molar-refractivity contribution in [2.45, 2.75) is 44.7 Å². The second kappa shape index (κ2) is 5.93. The van der Waals surface area contributed by atoms with Crippen LogP contribution in [-0.2, 0) is 16.9 Å². The molecule has 1 saturated carbocycles. The monoisotopic (exact) mass is 364 g/mol. The molecule has 1 aromatic heterocycles. The molecule has 0 N–H and O–H groups in total. The zero-order chi connectivity index (χ0) is 18.6. The maximum atomic E-state index is 12.8. The fourth-order valence-corrected chi connectivity index (χ4v) is 4.92. The third kappa shape index (κ3) is 2.55. The molecule has 5 nitrogen and oxygen atoms in total. The van der Waals surface area contributed by atoms with Crippen LogP contribution in [0.5, 0.6) is 0 Å². The lowest BCUT2D eigenvalue weighted by Crippen LogP contribution is -2.57. The Morgan fingerprint density at radius 3 is 2.37 bits per heavy atom. The van der Waals surface area contributed by atoms with E-state index in [4.69, 9.17) is 4.98 Å². The number of carbonyl (C=O) groups is 1. The third-order valence-electron chi connectivity index (χ3n) is 7.13. The highest BCUT2D eigenvalue weighted by molar-refractivity contribution is 5.85. The maximum Gasteiger partial charge on any atom is 0.228 e. The molecule has 1 amide bonds. The number of rotatable bonds is 2. The fourth-order valence-electron chi connectivity index (χ4n) is 4.92. The van der Waals surface area contributed by atoms with Gasteiger partial charge in [-0.1, -0.05) is 37.3 Å². The molecule has 3 heterocycles. The molecule has 5 heteroatoms. The number of benzene rings is 1. The van der Waals surface area contributed by atoms with E-state index in [0.717, 1.165) is 51.9 Å². The number of imidazole rings is 1. The van der Waals surface area contributed by atoms with Crippen molar-refractivity contribution in [3.05, 3.63) is 42.4 Å². The van der Waals surface area contributed by atoms with Crippen LogP contribution in [0.3, 0.4) is 0 Å². The molecule has 0 atom stereocenters. The summed E-state index contributed by atoms with van der Waals surface area (Å²) >= 11 is 0. The van der Waals surface area contributed by atoms with Crippen LogP contribution in [0, 0.1) is 5.41 Å². The number of fused-ring (bicyclic) bond motifs is 2. The first-order valence-corrected chi connectivity index (χ1v) is 10.2. The van der Waals surface area contributed by atoms with Gasteiger partial charge in [-0.05, 0) is 38.3 Å². The van der Waals surface area contributed by atoms with Crippen LogP contribution in [0.2, 0.25) is 0 Å². The molecule has 1 aliphatic carbocycles. The van der Waals surface area contributed by atoms with Gasteiger partial charge in [0.2, 0.25) is 5.91 Å². The van der Waals surface area contributed by atoms with E-state index in [2.05, 4.69) is 58.7 Å². The lowest BCUT2D eigenvalue weighted by Gasteiger charge is -2.50. The molecular weight excluding hydrogens is 336 g/mol. The maximum absolute atomic E-state index is 12.8. The molecule has 0 unspecified atom stereocenters. The summed E-state index contributed by atoms with van der Waals surface area (Å²) in [5.41, 5.74) is 2.32. The smallest absolute Gasteiger partial charge is 0.228 e. The summed E-state index contributed by atoms with van der Waals surface area (Å²) in [6.07, 6.45) is 6.08. The van der Waals surface area contributed by atoms with Gasteiger partial charge in [-0.15, -0.1) is 0 Å². The van der Waals surface area contributed by atoms with Gasteiger partial charge in [0.05, 0.1) is 17.4 Å². The Labute approximate surface area is 161 Å². The highest BCUT2D eigenvalue weighted by atomic mass is 16.2. The van der Waals surface area contributed by atoms with Gasteiger partial charge in [0.25, 0.3) is 0 Å². The average molecular weight is 364 g/mol. The van der Waals surface area contributed by atoms with Crippen molar-refractivity contribution in [2.75, 3.05) is 26.7 Å². The second-order valence-corrected chi connectivity index (χ2v) is 8.79. The predicted octanol–water partition coefficient (Wildman–Crippen LogP) is 3.11. The molecule has 1 saturated heterocycles. The molecule has 27 heavy (non-hydrogen) atoms. The Morgan fingerprint density at radius 2 is 1.70 bits per heavy atom. The van der Waals surface area contributed by atoms with E-state index in [0.29, 0.717) is 5.91 Å². The number of aromatic nitrogens is 2. The van der Waals surface area contributed by atoms with E-state index in [9.17, 15) is 4.79 Å². The predicted molar refractivity (Wildman–Crippen MR) is 105 cm³/mol. The largest absolute Gasteiger partial charge is 0.342 e. The number of piperidine rings is 1. The molecule has 2 aromatic rings. The number of hydrogen-bond donors (Lipinski definition) is 0. The van der Waals surface area contributed by atoms with Gasteiger partial charge in [-0.3, -0.25) is 9.69 Å². The summed E-state index contributed by atoms with van der Waals surface area (Å²) in [4.78, 5) is 22.3. The van der Waals surface area contributed by atoms with E-state index < -0.39 is 0 Å². The van der Waals surface area contributed by atoms with Crippen molar-refractivity contribution in [1.29, 1.82) is 0 Å². The third-order valence-corrected chi connectivity index (χ3v) is 7.13. The Bertz CT molecular complexity index is 860. The van der Waals surface area contributed by atoms with Crippen LogP contribution in [-0.4, -0.2) is 51.9 Å². The quantitative estimate of drug-likeness (QED) is 0.822. The van der Waals surface area contributed by atoms with Crippen molar-refractivity contribution in [3.63, 3.8) is 0 Å². The van der Waals surface area contributed by atoms with Gasteiger partial charge in [0.15, 0.2) is 0 Å². The molecule has 5 rings (SSSR count). The zero-order valence-electron chi connectivity index (χ0n) is 16.3. The van der Waals surface area contributed by atoms with Gasteiger partial charge in [-0.25, -0.2) is 4.98 Å². The van der Waals surface area contributed by atoms with Crippen LogP contribution < -0.4 is 0 Å². The van der Waals surface area contributed by atoms with Gasteiger partial charge in [-0.2, -0.15) is 0 Å². The molecular formula is C22H28N4O. The standard InChI is InChI=1S/C22H28N4O/c1-21(8-9-21)20(27)25-12-10-22(11-13-25)19-23-16-18(17-6-4-3-5-7-17)26(19)15-14-24(22)2/h3-7,16H,8-15H2,1-2H3. The first-order chi connectivity index (χ1) is 13.0. The topological polar surface area (TPSA) is 41.4 Å². The highest BCUT2D eigenvalue weighted by Gasteiger charge is 2.51. The normalized spacial score (nSPS) is 23.3. The highest BCUT2D eigenvalue weighted by Crippen LogP contribution is 2.48. The Kier molecular flexibility index (Phi) is 3.73. The number of carbonyl (C=O) groups excluding carboxylic acids is 1. The van der Waals surface area contributed by atoms with Gasteiger partial charge in [0, 0.05) is 31.6 Å². The minimum Gasteiger partial charge on any atom is -0.342 e. The average Bonchev–Trinajstić information content (AvgIpc) is 3.30. The van der Waals surface area contributed by atoms with Gasteiger partial charge >= 0.3 is 0 Å². The van der Waals surface area contributed by atoms with Gasteiger partial charge < -0.3 is 9.47 Å². The molecule has 1 aromatic carbocycles.